The molecule has 0 unspecified atom stereocenters. The average Bonchev–Trinajstić information content (AvgIpc) is 2.84. The van der Waals surface area contributed by atoms with Crippen molar-refractivity contribution in [2.45, 2.75) is 26.8 Å². The molecule has 1 heterocycles. The summed E-state index contributed by atoms with van der Waals surface area (Å²) in [5.74, 6) is 1.85. The van der Waals surface area contributed by atoms with Gasteiger partial charge >= 0.3 is 0 Å². The van der Waals surface area contributed by atoms with Crippen molar-refractivity contribution in [2.24, 2.45) is 5.92 Å². The molecule has 0 N–H and O–H groups in total. The quantitative estimate of drug-likeness (QED) is 0.775. The highest BCUT2D eigenvalue weighted by atomic mass is 16.5. The maximum atomic E-state index is 11.9. The lowest BCUT2D eigenvalue weighted by molar-refractivity contribution is -0.120. The van der Waals surface area contributed by atoms with Crippen LogP contribution in [-0.2, 0) is 17.8 Å². The predicted molar refractivity (Wildman–Crippen MR) is 75.5 cm³/mol. The summed E-state index contributed by atoms with van der Waals surface area (Å²) in [6.45, 7) is 5.03. The molecule has 0 amide bonds. The molecule has 1 aromatic heterocycles. The SMILES string of the molecule is CC(C)Cn1ncnc1CC(=O)COc1ccccc1. The van der Waals surface area contributed by atoms with E-state index in [4.69, 9.17) is 4.74 Å². The minimum atomic E-state index is -0.00754. The normalized spacial score (nSPS) is 10.8. The molecular weight excluding hydrogens is 254 g/mol. The van der Waals surface area contributed by atoms with Gasteiger partial charge in [0.05, 0.1) is 6.42 Å². The smallest absolute Gasteiger partial charge is 0.177 e. The third kappa shape index (κ3) is 4.19. The molecular formula is C15H19N3O2. The highest BCUT2D eigenvalue weighted by molar-refractivity contribution is 5.81. The van der Waals surface area contributed by atoms with E-state index in [2.05, 4.69) is 23.9 Å². The highest BCUT2D eigenvalue weighted by Crippen LogP contribution is 2.08. The molecule has 1 aromatic carbocycles. The van der Waals surface area contributed by atoms with Gasteiger partial charge in [0.15, 0.2) is 5.78 Å². The predicted octanol–water partition coefficient (Wildman–Crippen LogP) is 2.12. The number of nitrogens with zero attached hydrogens (tertiary/aromatic N) is 3. The van der Waals surface area contributed by atoms with Crippen molar-refractivity contribution in [3.63, 3.8) is 0 Å². The molecule has 0 saturated carbocycles. The van der Waals surface area contributed by atoms with Crippen molar-refractivity contribution in [3.05, 3.63) is 42.5 Å². The van der Waals surface area contributed by atoms with E-state index in [-0.39, 0.29) is 18.8 Å². The van der Waals surface area contributed by atoms with Gasteiger partial charge in [-0.25, -0.2) is 9.67 Å². The molecule has 20 heavy (non-hydrogen) atoms. The van der Waals surface area contributed by atoms with Crippen LogP contribution in [0.25, 0.3) is 0 Å². The van der Waals surface area contributed by atoms with Crippen LogP contribution in [0.5, 0.6) is 5.75 Å². The van der Waals surface area contributed by atoms with Crippen LogP contribution < -0.4 is 4.74 Å². The monoisotopic (exact) mass is 273 g/mol. The number of carbonyl (C=O) groups is 1. The first kappa shape index (κ1) is 14.2. The zero-order valence-electron chi connectivity index (χ0n) is 11.8. The van der Waals surface area contributed by atoms with Crippen LogP contribution >= 0.6 is 0 Å². The number of ketones is 1. The van der Waals surface area contributed by atoms with Crippen LogP contribution in [0.1, 0.15) is 19.7 Å². The molecule has 5 nitrogen and oxygen atoms in total. The zero-order valence-corrected chi connectivity index (χ0v) is 11.8. The molecule has 5 heteroatoms. The molecule has 0 aliphatic rings. The van der Waals surface area contributed by atoms with Gasteiger partial charge in [0.25, 0.3) is 0 Å². The number of benzene rings is 1. The standard InChI is InChI=1S/C15H19N3O2/c1-12(2)9-18-15(16-11-17-18)8-13(19)10-20-14-6-4-3-5-7-14/h3-7,11-12H,8-10H2,1-2H3. The van der Waals surface area contributed by atoms with Crippen LogP contribution in [0, 0.1) is 5.92 Å². The van der Waals surface area contributed by atoms with E-state index in [0.717, 1.165) is 6.54 Å². The van der Waals surface area contributed by atoms with Crippen molar-refractivity contribution < 1.29 is 9.53 Å². The highest BCUT2D eigenvalue weighted by Gasteiger charge is 2.11. The van der Waals surface area contributed by atoms with Crippen molar-refractivity contribution in [2.75, 3.05) is 6.61 Å². The van der Waals surface area contributed by atoms with Crippen LogP contribution in [0.15, 0.2) is 36.7 Å². The van der Waals surface area contributed by atoms with E-state index in [9.17, 15) is 4.79 Å². The number of carbonyl (C=O) groups excluding carboxylic acids is 1. The van der Waals surface area contributed by atoms with Crippen molar-refractivity contribution in [3.8, 4) is 5.75 Å². The summed E-state index contributed by atoms with van der Waals surface area (Å²) >= 11 is 0. The number of aromatic nitrogens is 3. The van der Waals surface area contributed by atoms with Gasteiger partial charge in [-0.3, -0.25) is 4.79 Å². The van der Waals surface area contributed by atoms with Gasteiger partial charge in [-0.2, -0.15) is 5.10 Å². The maximum absolute atomic E-state index is 11.9. The number of Topliss-reactive ketones (excluding diaryl/α,β-unsaturated/α-hetero) is 1. The van der Waals surface area contributed by atoms with Gasteiger partial charge in [0.2, 0.25) is 0 Å². The van der Waals surface area contributed by atoms with E-state index < -0.39 is 0 Å². The van der Waals surface area contributed by atoms with Crippen LogP contribution in [0.4, 0.5) is 0 Å². The summed E-state index contributed by atoms with van der Waals surface area (Å²) in [6, 6.07) is 9.31. The third-order valence-corrected chi connectivity index (χ3v) is 2.73. The topological polar surface area (TPSA) is 57.0 Å². The van der Waals surface area contributed by atoms with Gasteiger partial charge in [-0.05, 0) is 18.1 Å². The van der Waals surface area contributed by atoms with E-state index >= 15 is 0 Å². The Morgan fingerprint density at radius 3 is 2.75 bits per heavy atom. The largest absolute Gasteiger partial charge is 0.486 e. The summed E-state index contributed by atoms with van der Waals surface area (Å²) in [6.07, 6.45) is 1.74. The lowest BCUT2D eigenvalue weighted by Gasteiger charge is -2.08. The van der Waals surface area contributed by atoms with Gasteiger partial charge in [0.1, 0.15) is 24.5 Å². The molecule has 0 saturated heterocycles. The Balaban J connectivity index is 1.87. The lowest BCUT2D eigenvalue weighted by Crippen LogP contribution is -2.18. The molecule has 0 bridgehead atoms. The van der Waals surface area contributed by atoms with Crippen molar-refractivity contribution in [1.29, 1.82) is 0 Å². The van der Waals surface area contributed by atoms with Gasteiger partial charge < -0.3 is 4.74 Å². The summed E-state index contributed by atoms with van der Waals surface area (Å²) in [5, 5.41) is 4.14. The fraction of sp³-hybridized carbons (Fsp3) is 0.400. The van der Waals surface area contributed by atoms with Crippen LogP contribution in [-0.4, -0.2) is 27.2 Å². The molecule has 2 rings (SSSR count). The summed E-state index contributed by atoms with van der Waals surface area (Å²) in [4.78, 5) is 16.1. The first-order valence-electron chi connectivity index (χ1n) is 6.71. The number of hydrogen-bond acceptors (Lipinski definition) is 4. The Hall–Kier alpha value is -2.17. The lowest BCUT2D eigenvalue weighted by atomic mass is 10.2. The molecule has 106 valence electrons. The van der Waals surface area contributed by atoms with Crippen molar-refractivity contribution >= 4 is 5.78 Å². The Kier molecular flexibility index (Phi) is 4.87. The molecule has 0 spiro atoms. The Morgan fingerprint density at radius 1 is 1.30 bits per heavy atom. The first-order chi connectivity index (χ1) is 9.65. The second-order valence-corrected chi connectivity index (χ2v) is 5.07. The Morgan fingerprint density at radius 2 is 2.05 bits per heavy atom. The molecule has 0 fully saturated rings. The summed E-state index contributed by atoms with van der Waals surface area (Å²) in [5.41, 5.74) is 0. The average molecular weight is 273 g/mol. The number of ether oxygens (including phenoxy) is 1. The number of para-hydroxylation sites is 1. The molecule has 0 aliphatic heterocycles. The van der Waals surface area contributed by atoms with E-state index in [0.29, 0.717) is 17.5 Å². The van der Waals surface area contributed by atoms with Crippen molar-refractivity contribution in [1.82, 2.24) is 14.8 Å². The minimum absolute atomic E-state index is 0.00754. The Labute approximate surface area is 118 Å². The second-order valence-electron chi connectivity index (χ2n) is 5.07. The fourth-order valence-electron chi connectivity index (χ4n) is 1.83. The number of rotatable bonds is 7. The molecule has 0 atom stereocenters. The maximum Gasteiger partial charge on any atom is 0.177 e. The summed E-state index contributed by atoms with van der Waals surface area (Å²) in [7, 11) is 0. The zero-order chi connectivity index (χ0) is 14.4. The van der Waals surface area contributed by atoms with Gasteiger partial charge in [-0.15, -0.1) is 0 Å². The Bertz CT molecular complexity index is 549. The minimum Gasteiger partial charge on any atom is -0.486 e. The first-order valence-corrected chi connectivity index (χ1v) is 6.71. The third-order valence-electron chi connectivity index (χ3n) is 2.73. The second kappa shape index (κ2) is 6.84. The summed E-state index contributed by atoms with van der Waals surface area (Å²) < 4.78 is 7.21. The van der Waals surface area contributed by atoms with Gasteiger partial charge in [-0.1, -0.05) is 32.0 Å². The van der Waals surface area contributed by atoms with E-state index in [1.165, 1.54) is 6.33 Å². The van der Waals surface area contributed by atoms with Crippen LogP contribution in [0.3, 0.4) is 0 Å². The van der Waals surface area contributed by atoms with E-state index in [1.54, 1.807) is 4.68 Å². The number of hydrogen-bond donors (Lipinski definition) is 0. The molecule has 0 radical (unpaired) electrons. The fourth-order valence-corrected chi connectivity index (χ4v) is 1.83. The molecule has 0 aliphatic carbocycles. The van der Waals surface area contributed by atoms with E-state index in [1.807, 2.05) is 30.3 Å². The van der Waals surface area contributed by atoms with Crippen LogP contribution in [0.2, 0.25) is 0 Å². The van der Waals surface area contributed by atoms with Gasteiger partial charge in [0, 0.05) is 6.54 Å². The molecule has 2 aromatic rings.